The number of aliphatic hydroxyl groups excluding tert-OH is 1. The highest BCUT2D eigenvalue weighted by Gasteiger charge is 2.04. The highest BCUT2D eigenvalue weighted by molar-refractivity contribution is 5.26. The van der Waals surface area contributed by atoms with Crippen LogP contribution in [-0.2, 0) is 6.42 Å². The number of rotatable bonds is 2. The van der Waals surface area contributed by atoms with Gasteiger partial charge in [-0.3, -0.25) is 0 Å². The van der Waals surface area contributed by atoms with E-state index in [1.807, 2.05) is 31.2 Å². The number of nitriles is 1. The molecule has 2 nitrogen and oxygen atoms in total. The Labute approximate surface area is 72.1 Å². The quantitative estimate of drug-likeness (QED) is 0.667. The van der Waals surface area contributed by atoms with Gasteiger partial charge in [-0.1, -0.05) is 24.3 Å². The second kappa shape index (κ2) is 3.89. The first kappa shape index (κ1) is 8.76. The minimum absolute atomic E-state index is 0.420. The molecule has 0 saturated heterocycles. The zero-order valence-corrected chi connectivity index (χ0v) is 6.99. The van der Waals surface area contributed by atoms with Crippen molar-refractivity contribution in [2.24, 2.45) is 0 Å². The number of hydrogen-bond acceptors (Lipinski definition) is 2. The molecular formula is C10H11NO. The van der Waals surface area contributed by atoms with Crippen LogP contribution in [0.1, 0.15) is 11.1 Å². The summed E-state index contributed by atoms with van der Waals surface area (Å²) in [5.74, 6) is 0. The van der Waals surface area contributed by atoms with Crippen molar-refractivity contribution in [1.82, 2.24) is 0 Å². The van der Waals surface area contributed by atoms with Crippen molar-refractivity contribution in [1.29, 1.82) is 5.26 Å². The summed E-state index contributed by atoms with van der Waals surface area (Å²) in [5, 5.41) is 17.5. The van der Waals surface area contributed by atoms with Crippen LogP contribution in [0.5, 0.6) is 0 Å². The third-order valence-electron chi connectivity index (χ3n) is 1.82. The standard InChI is InChI=1S/C10H11NO/c1-8-4-2-3-5-9(8)6-10(12)7-11/h2-5,10,12H,6H2,1H3. The molecule has 2 heteroatoms. The molecule has 0 bridgehead atoms. The molecule has 0 radical (unpaired) electrons. The Morgan fingerprint density at radius 3 is 2.75 bits per heavy atom. The molecule has 1 rings (SSSR count). The van der Waals surface area contributed by atoms with Gasteiger partial charge >= 0.3 is 0 Å². The van der Waals surface area contributed by atoms with Crippen molar-refractivity contribution in [3.05, 3.63) is 35.4 Å². The van der Waals surface area contributed by atoms with E-state index in [-0.39, 0.29) is 0 Å². The minimum Gasteiger partial charge on any atom is -0.378 e. The molecule has 12 heavy (non-hydrogen) atoms. The summed E-state index contributed by atoms with van der Waals surface area (Å²) in [6.45, 7) is 1.97. The molecule has 1 unspecified atom stereocenters. The first-order chi connectivity index (χ1) is 5.74. The number of hydrogen-bond donors (Lipinski definition) is 1. The van der Waals surface area contributed by atoms with E-state index >= 15 is 0 Å². The summed E-state index contributed by atoms with van der Waals surface area (Å²) in [5.41, 5.74) is 2.15. The second-order valence-corrected chi connectivity index (χ2v) is 2.78. The highest BCUT2D eigenvalue weighted by atomic mass is 16.3. The molecule has 0 aliphatic heterocycles. The first-order valence-electron chi connectivity index (χ1n) is 3.86. The van der Waals surface area contributed by atoms with Crippen molar-refractivity contribution >= 4 is 0 Å². The SMILES string of the molecule is Cc1ccccc1CC(O)C#N. The van der Waals surface area contributed by atoms with Crippen molar-refractivity contribution < 1.29 is 5.11 Å². The lowest BCUT2D eigenvalue weighted by Gasteiger charge is -2.04. The third-order valence-corrected chi connectivity index (χ3v) is 1.82. The predicted octanol–water partition coefficient (Wildman–Crippen LogP) is 1.42. The number of aliphatic hydroxyl groups is 1. The topological polar surface area (TPSA) is 44.0 Å². The summed E-state index contributed by atoms with van der Waals surface area (Å²) in [4.78, 5) is 0. The Kier molecular flexibility index (Phi) is 2.84. The summed E-state index contributed by atoms with van der Waals surface area (Å²) in [6.07, 6.45) is -0.463. The maximum absolute atomic E-state index is 9.07. The van der Waals surface area contributed by atoms with Crippen LogP contribution in [0.15, 0.2) is 24.3 Å². The average Bonchev–Trinajstić information content (AvgIpc) is 2.09. The van der Waals surface area contributed by atoms with Crippen LogP contribution in [0.2, 0.25) is 0 Å². The van der Waals surface area contributed by atoms with Gasteiger partial charge in [-0.05, 0) is 18.1 Å². The van der Waals surface area contributed by atoms with E-state index in [0.717, 1.165) is 11.1 Å². The fourth-order valence-electron chi connectivity index (χ4n) is 1.09. The monoisotopic (exact) mass is 161 g/mol. The Morgan fingerprint density at radius 2 is 2.17 bits per heavy atom. The van der Waals surface area contributed by atoms with E-state index < -0.39 is 6.10 Å². The lowest BCUT2D eigenvalue weighted by Crippen LogP contribution is -2.07. The smallest absolute Gasteiger partial charge is 0.144 e. The molecule has 0 heterocycles. The summed E-state index contributed by atoms with van der Waals surface area (Å²) in [7, 11) is 0. The summed E-state index contributed by atoms with van der Waals surface area (Å²) >= 11 is 0. The molecule has 0 amide bonds. The van der Waals surface area contributed by atoms with Crippen LogP contribution in [0.3, 0.4) is 0 Å². The zero-order valence-electron chi connectivity index (χ0n) is 6.99. The Bertz CT molecular complexity index is 301. The van der Waals surface area contributed by atoms with E-state index in [1.54, 1.807) is 6.07 Å². The van der Waals surface area contributed by atoms with Crippen LogP contribution in [-0.4, -0.2) is 11.2 Å². The number of aryl methyl sites for hydroxylation is 1. The van der Waals surface area contributed by atoms with Gasteiger partial charge in [0.15, 0.2) is 0 Å². The van der Waals surface area contributed by atoms with E-state index in [0.29, 0.717) is 6.42 Å². The van der Waals surface area contributed by atoms with Crippen LogP contribution >= 0.6 is 0 Å². The van der Waals surface area contributed by atoms with Gasteiger partial charge in [-0.2, -0.15) is 5.26 Å². The van der Waals surface area contributed by atoms with Crippen molar-refractivity contribution in [3.63, 3.8) is 0 Å². The van der Waals surface area contributed by atoms with E-state index in [2.05, 4.69) is 0 Å². The van der Waals surface area contributed by atoms with Crippen molar-refractivity contribution in [2.75, 3.05) is 0 Å². The molecule has 62 valence electrons. The Hall–Kier alpha value is -1.33. The molecule has 1 aromatic carbocycles. The molecule has 1 aromatic rings. The van der Waals surface area contributed by atoms with Crippen LogP contribution in [0.25, 0.3) is 0 Å². The van der Waals surface area contributed by atoms with Crippen molar-refractivity contribution in [2.45, 2.75) is 19.4 Å². The van der Waals surface area contributed by atoms with E-state index in [4.69, 9.17) is 10.4 Å². The first-order valence-corrected chi connectivity index (χ1v) is 3.86. The zero-order chi connectivity index (χ0) is 8.97. The van der Waals surface area contributed by atoms with Crippen molar-refractivity contribution in [3.8, 4) is 6.07 Å². The van der Waals surface area contributed by atoms with Gasteiger partial charge in [-0.15, -0.1) is 0 Å². The largest absolute Gasteiger partial charge is 0.378 e. The lowest BCUT2D eigenvalue weighted by molar-refractivity contribution is 0.230. The van der Waals surface area contributed by atoms with Gasteiger partial charge in [0.05, 0.1) is 6.07 Å². The molecule has 0 aliphatic rings. The molecule has 1 atom stereocenters. The molecule has 0 aliphatic carbocycles. The van der Waals surface area contributed by atoms with Gasteiger partial charge in [0, 0.05) is 6.42 Å². The third kappa shape index (κ3) is 2.08. The van der Waals surface area contributed by atoms with Gasteiger partial charge in [-0.25, -0.2) is 0 Å². The predicted molar refractivity (Wildman–Crippen MR) is 46.5 cm³/mol. The lowest BCUT2D eigenvalue weighted by atomic mass is 10.0. The average molecular weight is 161 g/mol. The van der Waals surface area contributed by atoms with Crippen LogP contribution in [0, 0.1) is 18.3 Å². The van der Waals surface area contributed by atoms with Crippen LogP contribution in [0.4, 0.5) is 0 Å². The van der Waals surface area contributed by atoms with Gasteiger partial charge in [0.25, 0.3) is 0 Å². The molecule has 1 N–H and O–H groups in total. The number of nitrogens with zero attached hydrogens (tertiary/aromatic N) is 1. The highest BCUT2D eigenvalue weighted by Crippen LogP contribution is 2.08. The van der Waals surface area contributed by atoms with Gasteiger partial charge < -0.3 is 5.11 Å². The van der Waals surface area contributed by atoms with Gasteiger partial charge in [0.2, 0.25) is 0 Å². The molecule has 0 aromatic heterocycles. The second-order valence-electron chi connectivity index (χ2n) is 2.78. The van der Waals surface area contributed by atoms with Crippen LogP contribution < -0.4 is 0 Å². The fraction of sp³-hybridized carbons (Fsp3) is 0.300. The molecule has 0 saturated carbocycles. The maximum atomic E-state index is 9.07. The molecular weight excluding hydrogens is 150 g/mol. The summed E-state index contributed by atoms with van der Waals surface area (Å²) < 4.78 is 0. The molecule has 0 fully saturated rings. The Morgan fingerprint density at radius 1 is 1.50 bits per heavy atom. The maximum Gasteiger partial charge on any atom is 0.144 e. The number of benzene rings is 1. The fourth-order valence-corrected chi connectivity index (χ4v) is 1.09. The normalized spacial score (nSPS) is 12.1. The summed E-state index contributed by atoms with van der Waals surface area (Å²) in [6, 6.07) is 9.55. The van der Waals surface area contributed by atoms with Gasteiger partial charge in [0.1, 0.15) is 6.10 Å². The molecule has 0 spiro atoms. The minimum atomic E-state index is -0.883. The van der Waals surface area contributed by atoms with E-state index in [1.165, 1.54) is 0 Å². The van der Waals surface area contributed by atoms with E-state index in [9.17, 15) is 0 Å². The Balaban J connectivity index is 2.77.